The van der Waals surface area contributed by atoms with Gasteiger partial charge < -0.3 is 20.1 Å². The van der Waals surface area contributed by atoms with Crippen LogP contribution in [0.15, 0.2) is 42.5 Å². The van der Waals surface area contributed by atoms with Crippen molar-refractivity contribution in [2.75, 3.05) is 26.1 Å². The van der Waals surface area contributed by atoms with E-state index in [1.165, 1.54) is 26.4 Å². The van der Waals surface area contributed by atoms with Crippen LogP contribution in [0, 0.1) is 0 Å². The second-order valence-corrected chi connectivity index (χ2v) is 6.95. The van der Waals surface area contributed by atoms with E-state index in [9.17, 15) is 14.4 Å². The summed E-state index contributed by atoms with van der Waals surface area (Å²) < 4.78 is 10.4. The van der Waals surface area contributed by atoms with Crippen molar-refractivity contribution in [3.63, 3.8) is 0 Å². The third-order valence-electron chi connectivity index (χ3n) is 4.68. The fourth-order valence-electron chi connectivity index (χ4n) is 3.10. The van der Waals surface area contributed by atoms with Gasteiger partial charge in [-0.15, -0.1) is 0 Å². The molecule has 29 heavy (non-hydrogen) atoms. The Bertz CT molecular complexity index is 966. The number of anilines is 1. The van der Waals surface area contributed by atoms with Crippen LogP contribution in [0.2, 0.25) is 5.02 Å². The lowest BCUT2D eigenvalue weighted by molar-refractivity contribution is -0.133. The highest BCUT2D eigenvalue weighted by Gasteiger charge is 2.49. The fourth-order valence-corrected chi connectivity index (χ4v) is 3.34. The Morgan fingerprint density at radius 2 is 1.79 bits per heavy atom. The summed E-state index contributed by atoms with van der Waals surface area (Å²) in [5, 5.41) is 5.54. The molecular formula is C20H20ClN3O5. The molecule has 0 radical (unpaired) electrons. The standard InChI is InChI=1S/C20H20ClN3O5/c1-20(12-7-5-4-6-8-12)18(26)24(19(27)23-20)11-17(25)22-14-9-13(21)15(28-2)10-16(14)29-3/h4-10H,11H2,1-3H3,(H,22,25)(H,23,27). The van der Waals surface area contributed by atoms with Gasteiger partial charge in [0.1, 0.15) is 23.6 Å². The minimum atomic E-state index is -1.24. The molecule has 2 aromatic rings. The molecule has 3 rings (SSSR count). The molecule has 152 valence electrons. The number of hydrogen-bond donors (Lipinski definition) is 2. The summed E-state index contributed by atoms with van der Waals surface area (Å²) in [5.41, 5.74) is -0.314. The van der Waals surface area contributed by atoms with Crippen LogP contribution in [-0.4, -0.2) is 43.5 Å². The van der Waals surface area contributed by atoms with E-state index in [0.717, 1.165) is 4.90 Å². The number of ether oxygens (including phenoxy) is 2. The Morgan fingerprint density at radius 3 is 2.41 bits per heavy atom. The molecule has 0 bridgehead atoms. The second kappa shape index (κ2) is 8.00. The number of urea groups is 1. The highest BCUT2D eigenvalue weighted by atomic mass is 35.5. The van der Waals surface area contributed by atoms with Crippen LogP contribution in [-0.2, 0) is 15.1 Å². The topological polar surface area (TPSA) is 97.0 Å². The van der Waals surface area contributed by atoms with E-state index in [1.807, 2.05) is 6.07 Å². The zero-order chi connectivity index (χ0) is 21.2. The summed E-state index contributed by atoms with van der Waals surface area (Å²) in [6.45, 7) is 1.15. The maximum Gasteiger partial charge on any atom is 0.325 e. The normalized spacial score (nSPS) is 18.4. The van der Waals surface area contributed by atoms with E-state index in [1.54, 1.807) is 31.2 Å². The van der Waals surface area contributed by atoms with E-state index >= 15 is 0 Å². The van der Waals surface area contributed by atoms with Gasteiger partial charge in [-0.05, 0) is 18.6 Å². The van der Waals surface area contributed by atoms with Crippen molar-refractivity contribution in [2.45, 2.75) is 12.5 Å². The first-order chi connectivity index (χ1) is 13.8. The molecule has 1 unspecified atom stereocenters. The Hall–Kier alpha value is -3.26. The predicted molar refractivity (Wildman–Crippen MR) is 107 cm³/mol. The van der Waals surface area contributed by atoms with Crippen molar-refractivity contribution in [2.24, 2.45) is 0 Å². The molecule has 1 atom stereocenters. The van der Waals surface area contributed by atoms with Crippen LogP contribution in [0.5, 0.6) is 11.5 Å². The first-order valence-corrected chi connectivity index (χ1v) is 9.09. The number of amides is 4. The molecule has 1 aliphatic heterocycles. The average molecular weight is 418 g/mol. The third kappa shape index (κ3) is 3.84. The van der Waals surface area contributed by atoms with Gasteiger partial charge in [0.15, 0.2) is 0 Å². The number of rotatable bonds is 6. The zero-order valence-corrected chi connectivity index (χ0v) is 16.9. The lowest BCUT2D eigenvalue weighted by atomic mass is 9.92. The third-order valence-corrected chi connectivity index (χ3v) is 4.97. The van der Waals surface area contributed by atoms with E-state index in [0.29, 0.717) is 22.7 Å². The largest absolute Gasteiger partial charge is 0.495 e. The van der Waals surface area contributed by atoms with Gasteiger partial charge in [0.05, 0.1) is 24.9 Å². The highest BCUT2D eigenvalue weighted by Crippen LogP contribution is 2.36. The minimum Gasteiger partial charge on any atom is -0.495 e. The smallest absolute Gasteiger partial charge is 0.325 e. The SMILES string of the molecule is COc1cc(OC)c(NC(=O)CN2C(=O)NC(C)(c3ccccc3)C2=O)cc1Cl. The highest BCUT2D eigenvalue weighted by molar-refractivity contribution is 6.32. The number of methoxy groups -OCH3 is 2. The van der Waals surface area contributed by atoms with Gasteiger partial charge in [0, 0.05) is 6.07 Å². The number of halogens is 1. The number of carbonyl (C=O) groups excluding carboxylic acids is 3. The van der Waals surface area contributed by atoms with Crippen molar-refractivity contribution >= 4 is 35.1 Å². The van der Waals surface area contributed by atoms with Crippen molar-refractivity contribution in [1.29, 1.82) is 0 Å². The molecule has 8 nitrogen and oxygen atoms in total. The molecule has 2 aromatic carbocycles. The quantitative estimate of drug-likeness (QED) is 0.704. The molecule has 9 heteroatoms. The van der Waals surface area contributed by atoms with Gasteiger partial charge in [-0.1, -0.05) is 41.9 Å². The first-order valence-electron chi connectivity index (χ1n) is 8.71. The Labute approximate surface area is 172 Å². The van der Waals surface area contributed by atoms with Gasteiger partial charge in [-0.3, -0.25) is 14.5 Å². The maximum absolute atomic E-state index is 12.9. The molecule has 1 fully saturated rings. The zero-order valence-electron chi connectivity index (χ0n) is 16.1. The average Bonchev–Trinajstić information content (AvgIpc) is 2.93. The Balaban J connectivity index is 1.77. The van der Waals surface area contributed by atoms with Crippen molar-refractivity contribution in [3.05, 3.63) is 53.1 Å². The molecule has 0 saturated carbocycles. The molecule has 0 spiro atoms. The van der Waals surface area contributed by atoms with Crippen LogP contribution in [0.4, 0.5) is 10.5 Å². The molecule has 0 aromatic heterocycles. The summed E-state index contributed by atoms with van der Waals surface area (Å²) in [4.78, 5) is 38.7. The van der Waals surface area contributed by atoms with Crippen molar-refractivity contribution in [3.8, 4) is 11.5 Å². The summed E-state index contributed by atoms with van der Waals surface area (Å²) in [7, 11) is 2.89. The number of hydrogen-bond acceptors (Lipinski definition) is 5. The summed E-state index contributed by atoms with van der Waals surface area (Å²) in [6, 6.07) is 11.2. The minimum absolute atomic E-state index is 0.273. The number of benzene rings is 2. The van der Waals surface area contributed by atoms with Crippen LogP contribution in [0.1, 0.15) is 12.5 Å². The van der Waals surface area contributed by atoms with E-state index in [2.05, 4.69) is 10.6 Å². The summed E-state index contributed by atoms with van der Waals surface area (Å²) >= 11 is 6.10. The number of nitrogens with one attached hydrogen (secondary N) is 2. The summed E-state index contributed by atoms with van der Waals surface area (Å²) in [5.74, 6) is -0.380. The van der Waals surface area contributed by atoms with Crippen molar-refractivity contribution < 1.29 is 23.9 Å². The molecule has 4 amide bonds. The molecule has 2 N–H and O–H groups in total. The van der Waals surface area contributed by atoms with Gasteiger partial charge in [0.2, 0.25) is 5.91 Å². The van der Waals surface area contributed by atoms with Gasteiger partial charge in [-0.25, -0.2) is 4.79 Å². The predicted octanol–water partition coefficient (Wildman–Crippen LogP) is 2.76. The molecule has 1 aliphatic rings. The second-order valence-electron chi connectivity index (χ2n) is 6.55. The van der Waals surface area contributed by atoms with Crippen LogP contribution in [0.3, 0.4) is 0 Å². The van der Waals surface area contributed by atoms with Gasteiger partial charge in [-0.2, -0.15) is 0 Å². The van der Waals surface area contributed by atoms with E-state index in [-0.39, 0.29) is 5.02 Å². The van der Waals surface area contributed by atoms with Crippen LogP contribution < -0.4 is 20.1 Å². The Morgan fingerprint density at radius 1 is 1.14 bits per heavy atom. The first kappa shape index (κ1) is 20.5. The fraction of sp³-hybridized carbons (Fsp3) is 0.250. The molecule has 0 aliphatic carbocycles. The monoisotopic (exact) mass is 417 g/mol. The number of imide groups is 1. The summed E-state index contributed by atoms with van der Waals surface area (Å²) in [6.07, 6.45) is 0. The lowest BCUT2D eigenvalue weighted by Crippen LogP contribution is -2.42. The maximum atomic E-state index is 12.9. The molecule has 1 saturated heterocycles. The van der Waals surface area contributed by atoms with Crippen LogP contribution >= 0.6 is 11.6 Å². The molecular weight excluding hydrogens is 398 g/mol. The van der Waals surface area contributed by atoms with E-state index < -0.39 is 29.9 Å². The number of nitrogens with zero attached hydrogens (tertiary/aromatic N) is 1. The van der Waals surface area contributed by atoms with Gasteiger partial charge in [0.25, 0.3) is 5.91 Å². The van der Waals surface area contributed by atoms with Crippen LogP contribution in [0.25, 0.3) is 0 Å². The van der Waals surface area contributed by atoms with Crippen molar-refractivity contribution in [1.82, 2.24) is 10.2 Å². The number of carbonyl (C=O) groups is 3. The van der Waals surface area contributed by atoms with Gasteiger partial charge >= 0.3 is 6.03 Å². The van der Waals surface area contributed by atoms with E-state index in [4.69, 9.17) is 21.1 Å². The molecule has 1 heterocycles. The Kier molecular flexibility index (Phi) is 5.65. The lowest BCUT2D eigenvalue weighted by Gasteiger charge is -2.22.